The lowest BCUT2D eigenvalue weighted by Crippen LogP contribution is -2.47. The van der Waals surface area contributed by atoms with Crippen molar-refractivity contribution < 1.29 is 23.5 Å². The molecule has 12 heteroatoms. The Bertz CT molecular complexity index is 1780. The van der Waals surface area contributed by atoms with Gasteiger partial charge in [0.15, 0.2) is 0 Å². The number of ether oxygens (including phenoxy) is 2. The van der Waals surface area contributed by atoms with Gasteiger partial charge in [-0.1, -0.05) is 25.5 Å². The highest BCUT2D eigenvalue weighted by atomic mass is 19.1. The fourth-order valence-corrected chi connectivity index (χ4v) is 6.75. The Labute approximate surface area is 260 Å². The molecule has 2 aliphatic heterocycles. The second-order valence-corrected chi connectivity index (χ2v) is 11.6. The molecular weight excluding hydrogens is 577 g/mol. The summed E-state index contributed by atoms with van der Waals surface area (Å²) in [5, 5.41) is 18.7. The quantitative estimate of drug-likeness (QED) is 0.206. The molecule has 2 aromatic heterocycles. The molecule has 4 N–H and O–H groups in total. The number of methoxy groups -OCH3 is 1. The highest BCUT2D eigenvalue weighted by Gasteiger charge is 2.45. The van der Waals surface area contributed by atoms with E-state index in [9.17, 15) is 19.2 Å². The molecule has 0 saturated carbocycles. The van der Waals surface area contributed by atoms with Gasteiger partial charge in [-0.25, -0.2) is 13.9 Å². The van der Waals surface area contributed by atoms with Gasteiger partial charge in [-0.05, 0) is 61.9 Å². The maximum atomic E-state index is 13.8. The number of nitrogen functional groups attached to an aromatic ring is 1. The van der Waals surface area contributed by atoms with Gasteiger partial charge in [0.2, 0.25) is 0 Å². The molecule has 2 amide bonds. The van der Waals surface area contributed by atoms with Gasteiger partial charge in [0.05, 0.1) is 30.8 Å². The molecular formula is C33H36FN7O4. The lowest BCUT2D eigenvalue weighted by Gasteiger charge is -2.38. The number of H-pyrrole nitrogens is 1. The van der Waals surface area contributed by atoms with Crippen molar-refractivity contribution in [3.05, 3.63) is 65.1 Å². The topological polar surface area (TPSA) is 151 Å². The molecule has 11 nitrogen and oxygen atoms in total. The number of rotatable bonds is 9. The van der Waals surface area contributed by atoms with Crippen LogP contribution in [-0.4, -0.2) is 57.5 Å². The van der Waals surface area contributed by atoms with Crippen LogP contribution in [0.2, 0.25) is 0 Å². The number of aromatic amines is 1. The average molecular weight is 614 g/mol. The van der Waals surface area contributed by atoms with Crippen molar-refractivity contribution in [2.45, 2.75) is 70.1 Å². The van der Waals surface area contributed by atoms with Crippen molar-refractivity contribution in [3.8, 4) is 23.1 Å². The summed E-state index contributed by atoms with van der Waals surface area (Å²) in [7, 11) is 1.42. The van der Waals surface area contributed by atoms with Gasteiger partial charge in [-0.15, -0.1) is 0 Å². The molecule has 0 spiro atoms. The Kier molecular flexibility index (Phi) is 8.34. The largest absolute Gasteiger partial charge is 0.496 e. The number of amides is 2. The van der Waals surface area contributed by atoms with Crippen LogP contribution in [0.4, 0.5) is 15.0 Å². The van der Waals surface area contributed by atoms with Gasteiger partial charge in [0, 0.05) is 35.8 Å². The van der Waals surface area contributed by atoms with Crippen LogP contribution >= 0.6 is 0 Å². The molecule has 1 unspecified atom stereocenters. The van der Waals surface area contributed by atoms with Crippen LogP contribution in [0.25, 0.3) is 22.2 Å². The van der Waals surface area contributed by atoms with Crippen molar-refractivity contribution >= 4 is 28.7 Å². The van der Waals surface area contributed by atoms with E-state index < -0.39 is 11.7 Å². The van der Waals surface area contributed by atoms with Crippen LogP contribution < -0.4 is 15.8 Å². The molecule has 0 aliphatic carbocycles. The number of piperidine rings is 1. The lowest BCUT2D eigenvalue weighted by atomic mass is 9.98. The first-order valence-electron chi connectivity index (χ1n) is 15.3. The number of nitrogens with two attached hydrogens (primary N) is 1. The lowest BCUT2D eigenvalue weighted by molar-refractivity contribution is 0.0570. The predicted molar refractivity (Wildman–Crippen MR) is 166 cm³/mol. The standard InChI is InChI=1S/C33H36FN7O4/c1-3-4-13-45-33(43)40-21-7-8-22(40)16-23(15-21)41-31(36)27(17-35)30(39-41)24-9-5-19(29-25(24)11-12-37-29)18-38-32(42)26-14-20(34)6-10-28(26)44-2/h5-6,9-12,14,21-23,37H,3-4,7-8,13,15-16,18,36H2,1-2H3,(H,38,42)/t21-,22+,23?. The van der Waals surface area contributed by atoms with Gasteiger partial charge in [0.1, 0.15) is 34.7 Å². The minimum Gasteiger partial charge on any atom is -0.496 e. The smallest absolute Gasteiger partial charge is 0.410 e. The number of nitriles is 1. The maximum Gasteiger partial charge on any atom is 0.410 e. The second-order valence-electron chi connectivity index (χ2n) is 11.6. The van der Waals surface area contributed by atoms with Crippen molar-refractivity contribution in [1.29, 1.82) is 5.26 Å². The first kappa shape index (κ1) is 30.0. The molecule has 2 saturated heterocycles. The third-order valence-corrected chi connectivity index (χ3v) is 8.96. The average Bonchev–Trinajstić information content (AvgIpc) is 3.73. The molecule has 4 heterocycles. The number of anilines is 1. The molecule has 2 aromatic carbocycles. The van der Waals surface area contributed by atoms with Gasteiger partial charge in [-0.2, -0.15) is 10.4 Å². The van der Waals surface area contributed by atoms with Crippen LogP contribution in [0.1, 0.15) is 73.0 Å². The summed E-state index contributed by atoms with van der Waals surface area (Å²) in [5.41, 5.74) is 9.74. The van der Waals surface area contributed by atoms with Gasteiger partial charge in [-0.3, -0.25) is 4.79 Å². The van der Waals surface area contributed by atoms with Crippen LogP contribution in [-0.2, 0) is 11.3 Å². The van der Waals surface area contributed by atoms with Gasteiger partial charge in [0.25, 0.3) is 5.91 Å². The van der Waals surface area contributed by atoms with E-state index in [0.717, 1.165) is 53.8 Å². The molecule has 0 radical (unpaired) electrons. The number of hydrogen-bond donors (Lipinski definition) is 3. The summed E-state index contributed by atoms with van der Waals surface area (Å²) < 4.78 is 26.3. The summed E-state index contributed by atoms with van der Waals surface area (Å²) in [4.78, 5) is 30.8. The number of unbranched alkanes of at least 4 members (excludes halogenated alkanes) is 1. The first-order valence-corrected chi connectivity index (χ1v) is 15.3. The maximum absolute atomic E-state index is 13.8. The van der Waals surface area contributed by atoms with E-state index in [1.54, 1.807) is 10.9 Å². The van der Waals surface area contributed by atoms with Crippen LogP contribution in [0.5, 0.6) is 5.75 Å². The Balaban J connectivity index is 1.24. The second kappa shape index (κ2) is 12.5. The third-order valence-electron chi connectivity index (χ3n) is 8.96. The molecule has 2 fully saturated rings. The molecule has 45 heavy (non-hydrogen) atoms. The first-order chi connectivity index (χ1) is 21.8. The summed E-state index contributed by atoms with van der Waals surface area (Å²) in [6.45, 7) is 2.65. The zero-order valence-electron chi connectivity index (χ0n) is 25.3. The highest BCUT2D eigenvalue weighted by Crippen LogP contribution is 2.43. The number of halogens is 1. The number of aromatic nitrogens is 3. The predicted octanol–water partition coefficient (Wildman–Crippen LogP) is 5.67. The summed E-state index contributed by atoms with van der Waals surface area (Å²) >= 11 is 0. The van der Waals surface area contributed by atoms with E-state index in [4.69, 9.17) is 20.3 Å². The fraction of sp³-hybridized carbons (Fsp3) is 0.394. The van der Waals surface area contributed by atoms with E-state index in [0.29, 0.717) is 36.5 Å². The van der Waals surface area contributed by atoms with Crippen molar-refractivity contribution in [2.75, 3.05) is 19.5 Å². The van der Waals surface area contributed by atoms with Crippen molar-refractivity contribution in [3.63, 3.8) is 0 Å². The normalized spacial score (nSPS) is 19.0. The van der Waals surface area contributed by atoms with Crippen molar-refractivity contribution in [2.24, 2.45) is 0 Å². The summed E-state index contributed by atoms with van der Waals surface area (Å²) in [6, 6.07) is 11.7. The number of nitrogens with zero attached hydrogens (tertiary/aromatic N) is 4. The molecule has 4 aromatic rings. The van der Waals surface area contributed by atoms with E-state index >= 15 is 0 Å². The highest BCUT2D eigenvalue weighted by molar-refractivity contribution is 5.99. The van der Waals surface area contributed by atoms with Crippen LogP contribution in [0.3, 0.4) is 0 Å². The van der Waals surface area contributed by atoms with Gasteiger partial charge >= 0.3 is 6.09 Å². The molecule has 2 bridgehead atoms. The van der Waals surface area contributed by atoms with E-state index in [-0.39, 0.29) is 42.1 Å². The van der Waals surface area contributed by atoms with Gasteiger partial charge < -0.3 is 30.4 Å². The number of benzene rings is 2. The summed E-state index contributed by atoms with van der Waals surface area (Å²) in [5.74, 6) is -0.424. The Morgan fingerprint density at radius 1 is 1.18 bits per heavy atom. The zero-order chi connectivity index (χ0) is 31.7. The van der Waals surface area contributed by atoms with E-state index in [2.05, 4.69) is 23.3 Å². The SMILES string of the molecule is CCCCOC(=O)N1[C@@H]2CC[C@H]1CC(n1nc(-c3ccc(CNC(=O)c4cc(F)ccc4OC)c4[nH]ccc34)c(C#N)c1N)C2. The Hall–Kier alpha value is -5.05. The van der Waals surface area contributed by atoms with E-state index in [1.165, 1.54) is 19.2 Å². The Morgan fingerprint density at radius 3 is 2.67 bits per heavy atom. The number of carbonyl (C=O) groups is 2. The number of nitrogens with one attached hydrogen (secondary N) is 2. The minimum atomic E-state index is -0.535. The number of carbonyl (C=O) groups excluding carboxylic acids is 2. The number of hydrogen-bond acceptors (Lipinski definition) is 7. The third kappa shape index (κ3) is 5.54. The molecule has 234 valence electrons. The Morgan fingerprint density at radius 2 is 1.96 bits per heavy atom. The van der Waals surface area contributed by atoms with Crippen LogP contribution in [0, 0.1) is 17.1 Å². The summed E-state index contributed by atoms with van der Waals surface area (Å²) in [6.07, 6.45) is 6.51. The number of fused-ring (bicyclic) bond motifs is 3. The minimum absolute atomic E-state index is 0.0404. The molecule has 2 aliphatic rings. The molecule has 3 atom stereocenters. The van der Waals surface area contributed by atoms with Crippen LogP contribution in [0.15, 0.2) is 42.6 Å². The zero-order valence-corrected chi connectivity index (χ0v) is 25.3. The van der Waals surface area contributed by atoms with Crippen molar-refractivity contribution in [1.82, 2.24) is 25.0 Å². The molecule has 6 rings (SSSR count). The monoisotopic (exact) mass is 613 g/mol. The fourth-order valence-electron chi connectivity index (χ4n) is 6.75. The van der Waals surface area contributed by atoms with E-state index in [1.807, 2.05) is 23.1 Å².